The number of halogens is 6. The maximum Gasteiger partial charge on any atom is 0.573 e. The standard InChI is InChI=1S/C16H14ClF3O3.C7H10F2O4/c17-14-6-3-11(15(22)9-21)8-12(14)7-10-1-4-13(5-2-10)23-16(18,19)20;1-2-12-6(11)13-3-4-5(10)7(4,8)9/h1-6,8,15,21-22H,7,9H2;4-5,10H,2-3H2,1H3. The Morgan fingerprint density at radius 2 is 1.75 bits per heavy atom. The van der Waals surface area contributed by atoms with Gasteiger partial charge in [-0.2, -0.15) is 0 Å². The third kappa shape index (κ3) is 8.77. The molecule has 0 heterocycles. The zero-order valence-electron chi connectivity index (χ0n) is 18.8. The summed E-state index contributed by atoms with van der Waals surface area (Å²) in [4.78, 5) is 10.5. The molecule has 200 valence electrons. The van der Waals surface area contributed by atoms with Gasteiger partial charge in [-0.05, 0) is 48.2 Å². The largest absolute Gasteiger partial charge is 0.573 e. The maximum absolute atomic E-state index is 12.3. The van der Waals surface area contributed by atoms with Gasteiger partial charge in [-0.3, -0.25) is 0 Å². The molecule has 1 saturated carbocycles. The minimum Gasteiger partial charge on any atom is -0.435 e. The molecular formula is C23H24ClF5O7. The van der Waals surface area contributed by atoms with E-state index in [1.54, 1.807) is 25.1 Å². The predicted molar refractivity (Wildman–Crippen MR) is 117 cm³/mol. The summed E-state index contributed by atoms with van der Waals surface area (Å²) in [5.74, 6) is -4.69. The third-order valence-electron chi connectivity index (χ3n) is 4.98. The highest BCUT2D eigenvalue weighted by molar-refractivity contribution is 6.31. The lowest BCUT2D eigenvalue weighted by Gasteiger charge is -2.12. The monoisotopic (exact) mass is 542 g/mol. The summed E-state index contributed by atoms with van der Waals surface area (Å²) < 4.78 is 73.5. The van der Waals surface area contributed by atoms with Crippen molar-refractivity contribution in [2.45, 2.75) is 37.8 Å². The van der Waals surface area contributed by atoms with Crippen molar-refractivity contribution >= 4 is 17.8 Å². The summed E-state index contributed by atoms with van der Waals surface area (Å²) in [5.41, 5.74) is 1.95. The van der Waals surface area contributed by atoms with Gasteiger partial charge in [0.2, 0.25) is 0 Å². The zero-order valence-corrected chi connectivity index (χ0v) is 19.6. The molecule has 3 rings (SSSR count). The summed E-state index contributed by atoms with van der Waals surface area (Å²) in [5, 5.41) is 27.7. The molecule has 0 aliphatic heterocycles. The Hall–Kier alpha value is -2.67. The molecule has 1 aliphatic rings. The van der Waals surface area contributed by atoms with Crippen LogP contribution in [0.4, 0.5) is 26.7 Å². The summed E-state index contributed by atoms with van der Waals surface area (Å²) in [7, 11) is 0. The van der Waals surface area contributed by atoms with Gasteiger partial charge in [0.25, 0.3) is 5.92 Å². The molecule has 2 aromatic carbocycles. The molecule has 0 radical (unpaired) electrons. The molecule has 7 nitrogen and oxygen atoms in total. The van der Waals surface area contributed by atoms with Crippen LogP contribution in [0.1, 0.15) is 29.7 Å². The van der Waals surface area contributed by atoms with Gasteiger partial charge in [0, 0.05) is 5.02 Å². The van der Waals surface area contributed by atoms with E-state index in [1.165, 1.54) is 24.3 Å². The molecular weight excluding hydrogens is 519 g/mol. The van der Waals surface area contributed by atoms with Gasteiger partial charge in [-0.15, -0.1) is 13.2 Å². The molecule has 1 fully saturated rings. The van der Waals surface area contributed by atoms with E-state index in [9.17, 15) is 31.9 Å². The van der Waals surface area contributed by atoms with Crippen molar-refractivity contribution < 1.29 is 56.3 Å². The topological polar surface area (TPSA) is 105 Å². The van der Waals surface area contributed by atoms with E-state index in [0.29, 0.717) is 22.6 Å². The fourth-order valence-electron chi connectivity index (χ4n) is 2.96. The van der Waals surface area contributed by atoms with E-state index in [-0.39, 0.29) is 12.4 Å². The highest BCUT2D eigenvalue weighted by Crippen LogP contribution is 2.48. The second-order valence-corrected chi connectivity index (χ2v) is 8.04. The molecule has 0 amide bonds. The Bertz CT molecular complexity index is 1000. The van der Waals surface area contributed by atoms with Gasteiger partial charge in [0.15, 0.2) is 0 Å². The Labute approximate surface area is 208 Å². The molecule has 0 aromatic heterocycles. The fourth-order valence-corrected chi connectivity index (χ4v) is 3.15. The number of hydrogen-bond donors (Lipinski definition) is 3. The summed E-state index contributed by atoms with van der Waals surface area (Å²) in [6.07, 6.45) is -8.04. The second-order valence-electron chi connectivity index (χ2n) is 7.64. The Balaban J connectivity index is 0.000000297. The van der Waals surface area contributed by atoms with Crippen molar-refractivity contribution in [3.05, 3.63) is 64.2 Å². The molecule has 13 heteroatoms. The second kappa shape index (κ2) is 12.5. The molecule has 0 saturated heterocycles. The van der Waals surface area contributed by atoms with E-state index >= 15 is 0 Å². The molecule has 1 aliphatic carbocycles. The summed E-state index contributed by atoms with van der Waals surface area (Å²) in [6, 6.07) is 10.3. The Morgan fingerprint density at radius 1 is 1.14 bits per heavy atom. The van der Waals surface area contributed by atoms with Crippen LogP contribution in [0.25, 0.3) is 0 Å². The average molecular weight is 543 g/mol. The van der Waals surface area contributed by atoms with Crippen LogP contribution in [-0.2, 0) is 15.9 Å². The smallest absolute Gasteiger partial charge is 0.435 e. The molecule has 2 aromatic rings. The highest BCUT2D eigenvalue weighted by Gasteiger charge is 2.68. The van der Waals surface area contributed by atoms with Gasteiger partial charge in [0.1, 0.15) is 24.6 Å². The van der Waals surface area contributed by atoms with Crippen LogP contribution in [0.3, 0.4) is 0 Å². The van der Waals surface area contributed by atoms with Crippen LogP contribution in [-0.4, -0.2) is 59.7 Å². The first-order chi connectivity index (χ1) is 16.8. The maximum atomic E-state index is 12.3. The van der Waals surface area contributed by atoms with Crippen molar-refractivity contribution in [1.29, 1.82) is 0 Å². The van der Waals surface area contributed by atoms with Gasteiger partial charge >= 0.3 is 12.5 Å². The molecule has 0 bridgehead atoms. The number of carbonyl (C=O) groups excluding carboxylic acids is 1. The van der Waals surface area contributed by atoms with Crippen LogP contribution in [0.2, 0.25) is 5.02 Å². The number of aliphatic hydroxyl groups is 3. The van der Waals surface area contributed by atoms with E-state index in [2.05, 4.69) is 14.2 Å². The number of carbonyl (C=O) groups is 1. The molecule has 3 N–H and O–H groups in total. The van der Waals surface area contributed by atoms with Crippen LogP contribution >= 0.6 is 11.6 Å². The minimum absolute atomic E-state index is 0.127. The van der Waals surface area contributed by atoms with Crippen LogP contribution in [0.5, 0.6) is 5.75 Å². The number of rotatable bonds is 8. The molecule has 3 unspecified atom stereocenters. The Kier molecular flexibility index (Phi) is 10.3. The van der Waals surface area contributed by atoms with E-state index < -0.39 is 49.8 Å². The molecule has 36 heavy (non-hydrogen) atoms. The normalized spacial score (nSPS) is 18.9. The van der Waals surface area contributed by atoms with Crippen molar-refractivity contribution in [3.63, 3.8) is 0 Å². The van der Waals surface area contributed by atoms with Crippen LogP contribution in [0, 0.1) is 5.92 Å². The van der Waals surface area contributed by atoms with Gasteiger partial charge in [-0.1, -0.05) is 35.9 Å². The van der Waals surface area contributed by atoms with Crippen LogP contribution < -0.4 is 4.74 Å². The van der Waals surface area contributed by atoms with Gasteiger partial charge in [-0.25, -0.2) is 13.6 Å². The summed E-state index contributed by atoms with van der Waals surface area (Å²) >= 11 is 6.09. The number of benzene rings is 2. The lowest BCUT2D eigenvalue weighted by molar-refractivity contribution is -0.274. The number of ether oxygens (including phenoxy) is 3. The molecule has 3 atom stereocenters. The number of alkyl halides is 5. The lowest BCUT2D eigenvalue weighted by atomic mass is 10.0. The quantitative estimate of drug-likeness (QED) is 0.330. The van der Waals surface area contributed by atoms with E-state index in [0.717, 1.165) is 5.56 Å². The van der Waals surface area contributed by atoms with Gasteiger partial charge < -0.3 is 29.5 Å². The van der Waals surface area contributed by atoms with Gasteiger partial charge in [0.05, 0.1) is 19.1 Å². The Morgan fingerprint density at radius 3 is 2.25 bits per heavy atom. The average Bonchev–Trinajstić information content (AvgIpc) is 3.29. The first-order valence-corrected chi connectivity index (χ1v) is 10.9. The highest BCUT2D eigenvalue weighted by atomic mass is 35.5. The first kappa shape index (κ1) is 29.6. The van der Waals surface area contributed by atoms with Crippen molar-refractivity contribution in [1.82, 2.24) is 0 Å². The van der Waals surface area contributed by atoms with Crippen molar-refractivity contribution in [3.8, 4) is 5.75 Å². The summed E-state index contributed by atoms with van der Waals surface area (Å²) in [6.45, 7) is 0.780. The fraction of sp³-hybridized carbons (Fsp3) is 0.435. The third-order valence-corrected chi connectivity index (χ3v) is 5.35. The number of hydrogen-bond acceptors (Lipinski definition) is 7. The predicted octanol–water partition coefficient (Wildman–Crippen LogP) is 4.64. The molecule has 0 spiro atoms. The lowest BCUT2D eigenvalue weighted by Crippen LogP contribution is -2.17. The SMILES string of the molecule is CCOC(=O)OCC1C(O)C1(F)F.OCC(O)c1ccc(Cl)c(Cc2ccc(OC(F)(F)F)cc2)c1. The zero-order chi connectivity index (χ0) is 27.1. The van der Waals surface area contributed by atoms with Crippen molar-refractivity contribution in [2.24, 2.45) is 5.92 Å². The van der Waals surface area contributed by atoms with Crippen molar-refractivity contribution in [2.75, 3.05) is 19.8 Å². The van der Waals surface area contributed by atoms with E-state index in [4.69, 9.17) is 21.8 Å². The first-order valence-electron chi connectivity index (χ1n) is 10.6. The number of aliphatic hydroxyl groups excluding tert-OH is 3. The van der Waals surface area contributed by atoms with Crippen LogP contribution in [0.15, 0.2) is 42.5 Å². The van der Waals surface area contributed by atoms with E-state index in [1.807, 2.05) is 0 Å². The minimum atomic E-state index is -4.72.